The minimum absolute atomic E-state index is 0.153. The van der Waals surface area contributed by atoms with Crippen LogP contribution >= 0.6 is 0 Å². The van der Waals surface area contributed by atoms with E-state index in [1.807, 2.05) is 4.90 Å². The number of carbonyl (C=O) groups is 1. The minimum Gasteiger partial charge on any atom is -0.368 e. The van der Waals surface area contributed by atoms with E-state index in [0.717, 1.165) is 67.4 Å². The predicted octanol–water partition coefficient (Wildman–Crippen LogP) is 3.03. The summed E-state index contributed by atoms with van der Waals surface area (Å²) in [7, 11) is 0. The van der Waals surface area contributed by atoms with Gasteiger partial charge >= 0.3 is 0 Å². The molecule has 150 valence electrons. The van der Waals surface area contributed by atoms with Crippen molar-refractivity contribution < 1.29 is 4.79 Å². The zero-order valence-electron chi connectivity index (χ0n) is 16.6. The number of carbonyl (C=O) groups excluding carboxylic acids is 1. The topological polar surface area (TPSA) is 90.0 Å². The molecule has 3 aromatic rings. The van der Waals surface area contributed by atoms with Gasteiger partial charge in [0.05, 0.1) is 6.20 Å². The molecule has 29 heavy (non-hydrogen) atoms. The molecule has 8 nitrogen and oxygen atoms in total. The second-order valence-electron chi connectivity index (χ2n) is 7.85. The molecule has 5 rings (SSSR count). The van der Waals surface area contributed by atoms with E-state index in [1.54, 1.807) is 13.1 Å². The van der Waals surface area contributed by atoms with Gasteiger partial charge < -0.3 is 15.1 Å². The average Bonchev–Trinajstić information content (AvgIpc) is 3.16. The van der Waals surface area contributed by atoms with Gasteiger partial charge in [0.15, 0.2) is 5.82 Å². The summed E-state index contributed by atoms with van der Waals surface area (Å²) in [6.07, 6.45) is 5.33. The smallest absolute Gasteiger partial charge is 0.219 e. The van der Waals surface area contributed by atoms with Crippen molar-refractivity contribution in [2.24, 2.45) is 0 Å². The Bertz CT molecular complexity index is 1020. The van der Waals surface area contributed by atoms with Gasteiger partial charge in [0.2, 0.25) is 5.91 Å². The largest absolute Gasteiger partial charge is 0.368 e. The molecule has 2 aromatic heterocycles. The number of hydrogen-bond acceptors (Lipinski definition) is 6. The number of anilines is 3. The number of aromatic nitrogens is 4. The van der Waals surface area contributed by atoms with Gasteiger partial charge in [0.25, 0.3) is 0 Å². The maximum absolute atomic E-state index is 11.5. The summed E-state index contributed by atoms with van der Waals surface area (Å²) in [5, 5.41) is 10.6. The van der Waals surface area contributed by atoms with Gasteiger partial charge in [-0.1, -0.05) is 6.42 Å². The van der Waals surface area contributed by atoms with Gasteiger partial charge in [0, 0.05) is 50.4 Å². The fourth-order valence-corrected chi connectivity index (χ4v) is 3.97. The maximum atomic E-state index is 11.5. The molecule has 0 atom stereocenters. The molecule has 2 N–H and O–H groups in total. The van der Waals surface area contributed by atoms with Crippen molar-refractivity contribution in [3.05, 3.63) is 36.3 Å². The summed E-state index contributed by atoms with van der Waals surface area (Å²) in [5.41, 5.74) is 3.83. The molecule has 1 amide bonds. The lowest BCUT2D eigenvalue weighted by molar-refractivity contribution is -0.129. The Morgan fingerprint density at radius 1 is 1.10 bits per heavy atom. The van der Waals surface area contributed by atoms with Crippen LogP contribution < -0.4 is 10.2 Å². The molecule has 2 aliphatic rings. The van der Waals surface area contributed by atoms with E-state index in [1.165, 1.54) is 12.1 Å². The van der Waals surface area contributed by atoms with E-state index in [2.05, 4.69) is 49.7 Å². The maximum Gasteiger partial charge on any atom is 0.219 e. The number of amides is 1. The Hall–Kier alpha value is -3.16. The van der Waals surface area contributed by atoms with Crippen LogP contribution in [0.3, 0.4) is 0 Å². The quantitative estimate of drug-likeness (QED) is 0.711. The first-order valence-corrected chi connectivity index (χ1v) is 10.3. The number of nitrogens with one attached hydrogen (secondary N) is 2. The zero-order valence-corrected chi connectivity index (χ0v) is 16.6. The molecule has 1 aliphatic heterocycles. The molecule has 3 heterocycles. The first-order valence-electron chi connectivity index (χ1n) is 10.3. The minimum atomic E-state index is 0.153. The fraction of sp³-hybridized carbons (Fsp3) is 0.429. The van der Waals surface area contributed by atoms with E-state index in [4.69, 9.17) is 4.98 Å². The summed E-state index contributed by atoms with van der Waals surface area (Å²) in [5.74, 6) is 2.30. The van der Waals surface area contributed by atoms with E-state index in [-0.39, 0.29) is 5.91 Å². The van der Waals surface area contributed by atoms with Crippen LogP contribution in [-0.2, 0) is 4.79 Å². The van der Waals surface area contributed by atoms with E-state index in [9.17, 15) is 4.79 Å². The summed E-state index contributed by atoms with van der Waals surface area (Å²) in [6.45, 7) is 4.90. The molecule has 0 spiro atoms. The summed E-state index contributed by atoms with van der Waals surface area (Å²) in [6, 6.07) is 8.37. The number of nitrogens with zero attached hydrogens (tertiary/aromatic N) is 5. The predicted molar refractivity (Wildman–Crippen MR) is 112 cm³/mol. The summed E-state index contributed by atoms with van der Waals surface area (Å²) in [4.78, 5) is 25.2. The zero-order chi connectivity index (χ0) is 19.8. The van der Waals surface area contributed by atoms with Crippen LogP contribution in [0.25, 0.3) is 11.0 Å². The highest BCUT2D eigenvalue weighted by atomic mass is 16.2. The van der Waals surface area contributed by atoms with Gasteiger partial charge in [-0.15, -0.1) is 0 Å². The number of hydrogen-bond donors (Lipinski definition) is 2. The lowest BCUT2D eigenvalue weighted by Crippen LogP contribution is -2.48. The highest BCUT2D eigenvalue weighted by molar-refractivity contribution is 5.86. The molecule has 2 fully saturated rings. The Labute approximate surface area is 169 Å². The van der Waals surface area contributed by atoms with Crippen LogP contribution in [-0.4, -0.2) is 57.2 Å². The second kappa shape index (κ2) is 7.35. The van der Waals surface area contributed by atoms with Crippen LogP contribution in [0.4, 0.5) is 17.2 Å². The van der Waals surface area contributed by atoms with Gasteiger partial charge in [0.1, 0.15) is 16.9 Å². The lowest BCUT2D eigenvalue weighted by Gasteiger charge is -2.35. The van der Waals surface area contributed by atoms with Crippen molar-refractivity contribution in [3.63, 3.8) is 0 Å². The molecule has 8 heteroatoms. The number of H-pyrrole nitrogens is 1. The van der Waals surface area contributed by atoms with E-state index in [0.29, 0.717) is 5.92 Å². The lowest BCUT2D eigenvalue weighted by atomic mass is 9.85. The number of aromatic amines is 1. The normalized spacial score (nSPS) is 17.4. The monoisotopic (exact) mass is 391 g/mol. The molecule has 0 unspecified atom stereocenters. The van der Waals surface area contributed by atoms with E-state index >= 15 is 0 Å². The average molecular weight is 391 g/mol. The van der Waals surface area contributed by atoms with Gasteiger partial charge in [-0.25, -0.2) is 9.97 Å². The molecule has 0 bridgehead atoms. The Morgan fingerprint density at radius 2 is 1.86 bits per heavy atom. The third-order valence-corrected chi connectivity index (χ3v) is 6.01. The second-order valence-corrected chi connectivity index (χ2v) is 7.85. The molecular formula is C21H25N7O. The van der Waals surface area contributed by atoms with Crippen LogP contribution in [0.2, 0.25) is 0 Å². The van der Waals surface area contributed by atoms with Crippen LogP contribution in [0, 0.1) is 0 Å². The van der Waals surface area contributed by atoms with Crippen molar-refractivity contribution in [3.8, 4) is 0 Å². The molecule has 0 radical (unpaired) electrons. The highest BCUT2D eigenvalue weighted by Gasteiger charge is 2.24. The van der Waals surface area contributed by atoms with Crippen molar-refractivity contribution in [1.82, 2.24) is 25.1 Å². The van der Waals surface area contributed by atoms with Gasteiger partial charge in [-0.05, 0) is 37.1 Å². The first kappa shape index (κ1) is 17.9. The highest BCUT2D eigenvalue weighted by Crippen LogP contribution is 2.36. The van der Waals surface area contributed by atoms with Crippen LogP contribution in [0.5, 0.6) is 0 Å². The van der Waals surface area contributed by atoms with Gasteiger partial charge in [-0.3, -0.25) is 9.89 Å². The molecule has 1 saturated heterocycles. The molecule has 1 aliphatic carbocycles. The standard InChI is InChI=1S/C21H25N7O/c1-14(29)27-9-11-28(12-10-27)17-7-5-16(6-8-17)23-21-19-18(13-22-26-19)24-20(25-21)15-3-2-4-15/h5-8,13,15H,2-4,9-12H2,1H3,(H,22,26)(H,23,24,25). The van der Waals surface area contributed by atoms with Crippen molar-refractivity contribution in [2.75, 3.05) is 36.4 Å². The molecule has 1 aromatic carbocycles. The first-order chi connectivity index (χ1) is 14.2. The Balaban J connectivity index is 1.32. The third-order valence-electron chi connectivity index (χ3n) is 6.01. The van der Waals surface area contributed by atoms with Crippen molar-refractivity contribution in [2.45, 2.75) is 32.1 Å². The molecule has 1 saturated carbocycles. The Kier molecular flexibility index (Phi) is 4.54. The van der Waals surface area contributed by atoms with Crippen LogP contribution in [0.15, 0.2) is 30.5 Å². The summed E-state index contributed by atoms with van der Waals surface area (Å²) < 4.78 is 0. The fourth-order valence-electron chi connectivity index (χ4n) is 3.97. The number of fused-ring (bicyclic) bond motifs is 1. The third kappa shape index (κ3) is 3.50. The SMILES string of the molecule is CC(=O)N1CCN(c2ccc(Nc3nc(C4CCC4)nc4cn[nH]c34)cc2)CC1. The number of piperazine rings is 1. The molecular weight excluding hydrogens is 366 g/mol. The number of rotatable bonds is 4. The Morgan fingerprint density at radius 3 is 2.52 bits per heavy atom. The van der Waals surface area contributed by atoms with Crippen molar-refractivity contribution in [1.29, 1.82) is 0 Å². The van der Waals surface area contributed by atoms with E-state index < -0.39 is 0 Å². The summed E-state index contributed by atoms with van der Waals surface area (Å²) >= 11 is 0. The van der Waals surface area contributed by atoms with Crippen LogP contribution in [0.1, 0.15) is 37.9 Å². The van der Waals surface area contributed by atoms with Gasteiger partial charge in [-0.2, -0.15) is 5.10 Å². The number of benzene rings is 1. The van der Waals surface area contributed by atoms with Crippen molar-refractivity contribution >= 4 is 34.1 Å².